The SMILES string of the molecule is CCNC(=NCCS(=O)(=O)C(C)(C)C)NC1CC2CCC(C1)N2C(=O)OC(C)(C)C. The van der Waals surface area contributed by atoms with Gasteiger partial charge in [0.05, 0.1) is 17.0 Å². The molecule has 2 saturated heterocycles. The Balaban J connectivity index is 1.97. The molecular formula is C21H40N4O4S. The lowest BCUT2D eigenvalue weighted by molar-refractivity contribution is 0.00545. The van der Waals surface area contributed by atoms with Gasteiger partial charge < -0.3 is 20.3 Å². The summed E-state index contributed by atoms with van der Waals surface area (Å²) < 4.78 is 29.5. The third-order valence-electron chi connectivity index (χ3n) is 5.59. The molecule has 2 rings (SSSR count). The van der Waals surface area contributed by atoms with Crippen molar-refractivity contribution in [2.45, 2.75) is 103 Å². The summed E-state index contributed by atoms with van der Waals surface area (Å²) in [4.78, 5) is 19.0. The number of piperidine rings is 1. The molecule has 0 spiro atoms. The molecule has 0 radical (unpaired) electrons. The molecule has 174 valence electrons. The fourth-order valence-electron chi connectivity index (χ4n) is 4.00. The summed E-state index contributed by atoms with van der Waals surface area (Å²) in [7, 11) is -3.20. The summed E-state index contributed by atoms with van der Waals surface area (Å²) >= 11 is 0. The van der Waals surface area contributed by atoms with Crippen LogP contribution in [-0.4, -0.2) is 72.7 Å². The van der Waals surface area contributed by atoms with Crippen molar-refractivity contribution in [2.24, 2.45) is 4.99 Å². The molecular weight excluding hydrogens is 404 g/mol. The smallest absolute Gasteiger partial charge is 0.410 e. The average molecular weight is 445 g/mol. The highest BCUT2D eigenvalue weighted by atomic mass is 32.2. The fraction of sp³-hybridized carbons (Fsp3) is 0.905. The monoisotopic (exact) mass is 444 g/mol. The first-order chi connectivity index (χ1) is 13.7. The van der Waals surface area contributed by atoms with Crippen molar-refractivity contribution < 1.29 is 17.9 Å². The second kappa shape index (κ2) is 9.32. The molecule has 9 heteroatoms. The van der Waals surface area contributed by atoms with E-state index < -0.39 is 20.2 Å². The van der Waals surface area contributed by atoms with Crippen LogP contribution in [0.2, 0.25) is 0 Å². The number of rotatable bonds is 5. The van der Waals surface area contributed by atoms with Crippen LogP contribution >= 0.6 is 0 Å². The van der Waals surface area contributed by atoms with Crippen LogP contribution in [0.15, 0.2) is 4.99 Å². The molecule has 2 aliphatic heterocycles. The van der Waals surface area contributed by atoms with Crippen molar-refractivity contribution in [3.8, 4) is 0 Å². The van der Waals surface area contributed by atoms with Gasteiger partial charge in [0.1, 0.15) is 5.60 Å². The molecule has 0 aromatic carbocycles. The molecule has 2 atom stereocenters. The number of nitrogens with zero attached hydrogens (tertiary/aromatic N) is 2. The van der Waals surface area contributed by atoms with E-state index in [1.807, 2.05) is 32.6 Å². The first-order valence-electron chi connectivity index (χ1n) is 11.0. The molecule has 2 N–H and O–H groups in total. The van der Waals surface area contributed by atoms with Gasteiger partial charge in [0, 0.05) is 24.7 Å². The lowest BCUT2D eigenvalue weighted by atomic mass is 9.98. The van der Waals surface area contributed by atoms with Crippen molar-refractivity contribution in [3.63, 3.8) is 0 Å². The maximum Gasteiger partial charge on any atom is 0.410 e. The largest absolute Gasteiger partial charge is 0.444 e. The summed E-state index contributed by atoms with van der Waals surface area (Å²) in [5.41, 5.74) is -0.496. The molecule has 0 saturated carbocycles. The maximum absolute atomic E-state index is 12.6. The predicted octanol–water partition coefficient (Wildman–Crippen LogP) is 2.69. The Kier molecular flexibility index (Phi) is 7.69. The van der Waals surface area contributed by atoms with Crippen molar-refractivity contribution in [1.82, 2.24) is 15.5 Å². The molecule has 2 aliphatic rings. The van der Waals surface area contributed by atoms with Gasteiger partial charge >= 0.3 is 6.09 Å². The minimum absolute atomic E-state index is 0.0232. The number of amides is 1. The number of sulfone groups is 1. The minimum atomic E-state index is -3.20. The van der Waals surface area contributed by atoms with Gasteiger partial charge in [0.2, 0.25) is 0 Å². The zero-order valence-electron chi connectivity index (χ0n) is 19.6. The Bertz CT molecular complexity index is 723. The Morgan fingerprint density at radius 1 is 1.10 bits per heavy atom. The van der Waals surface area contributed by atoms with Crippen molar-refractivity contribution in [1.29, 1.82) is 0 Å². The molecule has 8 nitrogen and oxygen atoms in total. The molecule has 0 aromatic heterocycles. The molecule has 2 unspecified atom stereocenters. The van der Waals surface area contributed by atoms with Gasteiger partial charge in [0.25, 0.3) is 0 Å². The second-order valence-electron chi connectivity index (χ2n) is 10.3. The van der Waals surface area contributed by atoms with Gasteiger partial charge in [-0.1, -0.05) is 0 Å². The number of fused-ring (bicyclic) bond motifs is 2. The topological polar surface area (TPSA) is 100 Å². The van der Waals surface area contributed by atoms with Crippen molar-refractivity contribution in [2.75, 3.05) is 18.8 Å². The summed E-state index contributed by atoms with van der Waals surface area (Å²) in [5.74, 6) is 0.659. The van der Waals surface area contributed by atoms with E-state index in [-0.39, 0.29) is 36.5 Å². The average Bonchev–Trinajstić information content (AvgIpc) is 2.84. The highest BCUT2D eigenvalue weighted by molar-refractivity contribution is 7.92. The standard InChI is InChI=1S/C21H40N4O4S/c1-8-22-18(23-11-12-30(27,28)21(5,6)7)24-15-13-16-9-10-17(14-15)25(16)19(26)29-20(2,3)4/h15-17H,8-14H2,1-7H3,(H2,22,23,24). The highest BCUT2D eigenvalue weighted by Gasteiger charge is 2.45. The number of guanidine groups is 1. The lowest BCUT2D eigenvalue weighted by Crippen LogP contribution is -2.55. The molecule has 0 aromatic rings. The zero-order valence-corrected chi connectivity index (χ0v) is 20.4. The van der Waals surface area contributed by atoms with Crippen LogP contribution in [0.5, 0.6) is 0 Å². The van der Waals surface area contributed by atoms with Gasteiger partial charge in [-0.2, -0.15) is 0 Å². The summed E-state index contributed by atoms with van der Waals surface area (Å²) in [6, 6.07) is 0.527. The van der Waals surface area contributed by atoms with Gasteiger partial charge in [-0.25, -0.2) is 13.2 Å². The first kappa shape index (κ1) is 24.8. The zero-order chi connectivity index (χ0) is 22.7. The number of ether oxygens (including phenoxy) is 1. The van der Waals surface area contributed by atoms with Crippen molar-refractivity contribution in [3.05, 3.63) is 0 Å². The third-order valence-corrected chi connectivity index (χ3v) is 8.17. The third kappa shape index (κ3) is 6.49. The number of aliphatic imine (C=N–C) groups is 1. The Hall–Kier alpha value is -1.51. The number of hydrogen-bond acceptors (Lipinski definition) is 5. The number of carbonyl (C=O) groups excluding carboxylic acids is 1. The van der Waals surface area contributed by atoms with Crippen LogP contribution in [0.3, 0.4) is 0 Å². The van der Waals surface area contributed by atoms with E-state index in [2.05, 4.69) is 15.6 Å². The minimum Gasteiger partial charge on any atom is -0.444 e. The fourth-order valence-corrected chi connectivity index (χ4v) is 4.95. The van der Waals surface area contributed by atoms with Gasteiger partial charge in [0.15, 0.2) is 15.8 Å². The van der Waals surface area contributed by atoms with E-state index in [9.17, 15) is 13.2 Å². The van der Waals surface area contributed by atoms with Gasteiger partial charge in [-0.15, -0.1) is 0 Å². The van der Waals surface area contributed by atoms with Crippen molar-refractivity contribution >= 4 is 21.9 Å². The van der Waals surface area contributed by atoms with E-state index in [0.29, 0.717) is 12.5 Å². The number of nitrogens with one attached hydrogen (secondary N) is 2. The van der Waals surface area contributed by atoms with Crippen LogP contribution in [0.1, 0.15) is 74.1 Å². The number of carbonyl (C=O) groups is 1. The highest BCUT2D eigenvalue weighted by Crippen LogP contribution is 2.36. The lowest BCUT2D eigenvalue weighted by Gasteiger charge is -2.40. The maximum atomic E-state index is 12.6. The van der Waals surface area contributed by atoms with Crippen LogP contribution in [0, 0.1) is 0 Å². The van der Waals surface area contributed by atoms with E-state index in [4.69, 9.17) is 4.74 Å². The summed E-state index contributed by atoms with van der Waals surface area (Å²) in [6.07, 6.45) is 3.42. The Morgan fingerprint density at radius 3 is 2.13 bits per heavy atom. The Morgan fingerprint density at radius 2 is 1.67 bits per heavy atom. The second-order valence-corrected chi connectivity index (χ2v) is 13.1. The molecule has 2 fully saturated rings. The quantitative estimate of drug-likeness (QED) is 0.500. The van der Waals surface area contributed by atoms with E-state index in [1.165, 1.54) is 0 Å². The van der Waals surface area contributed by atoms with Crippen LogP contribution in [-0.2, 0) is 14.6 Å². The first-order valence-corrected chi connectivity index (χ1v) is 12.7. The van der Waals surface area contributed by atoms with Crippen LogP contribution in [0.25, 0.3) is 0 Å². The molecule has 2 bridgehead atoms. The summed E-state index contributed by atoms with van der Waals surface area (Å²) in [5, 5.41) is 6.66. The Labute approximate surface area is 182 Å². The van der Waals surface area contributed by atoms with E-state index in [1.54, 1.807) is 20.8 Å². The predicted molar refractivity (Wildman–Crippen MR) is 121 cm³/mol. The molecule has 2 heterocycles. The summed E-state index contributed by atoms with van der Waals surface area (Å²) in [6.45, 7) is 13.7. The number of hydrogen-bond donors (Lipinski definition) is 2. The van der Waals surface area contributed by atoms with Gasteiger partial charge in [-0.05, 0) is 74.1 Å². The van der Waals surface area contributed by atoms with E-state index in [0.717, 1.165) is 25.7 Å². The van der Waals surface area contributed by atoms with E-state index >= 15 is 0 Å². The molecule has 30 heavy (non-hydrogen) atoms. The van der Waals surface area contributed by atoms with Crippen LogP contribution < -0.4 is 10.6 Å². The molecule has 1 amide bonds. The van der Waals surface area contributed by atoms with Gasteiger partial charge in [-0.3, -0.25) is 4.99 Å². The molecule has 0 aliphatic carbocycles. The van der Waals surface area contributed by atoms with Crippen LogP contribution in [0.4, 0.5) is 4.79 Å². The normalized spacial score (nSPS) is 25.2.